The van der Waals surface area contributed by atoms with Crippen LogP contribution in [0.5, 0.6) is 0 Å². The van der Waals surface area contributed by atoms with E-state index in [9.17, 15) is 0 Å². The van der Waals surface area contributed by atoms with Gasteiger partial charge in [-0.25, -0.2) is 0 Å². The van der Waals surface area contributed by atoms with E-state index in [2.05, 4.69) is 36.4 Å². The summed E-state index contributed by atoms with van der Waals surface area (Å²) in [6, 6.07) is 40.4. The highest BCUT2D eigenvalue weighted by Gasteiger charge is 2.51. The third-order valence-electron chi connectivity index (χ3n) is 5.13. The Balaban J connectivity index is 0.00000306. The molecule has 4 aromatic rings. The van der Waals surface area contributed by atoms with E-state index in [1.807, 2.05) is 84.9 Å². The van der Waals surface area contributed by atoms with E-state index in [4.69, 9.17) is 39.8 Å². The zero-order chi connectivity index (χ0) is 22.4. The van der Waals surface area contributed by atoms with Gasteiger partial charge in [-0.15, -0.1) is 0 Å². The Hall–Kier alpha value is -2.12. The van der Waals surface area contributed by atoms with Crippen molar-refractivity contribution in [2.24, 2.45) is 4.99 Å². The molecule has 0 aliphatic heterocycles. The predicted octanol–water partition coefficient (Wildman–Crippen LogP) is 4.27. The molecular formula is C27H20Cl4NP. The van der Waals surface area contributed by atoms with Crippen molar-refractivity contribution in [3.8, 4) is 0 Å². The zero-order valence-electron chi connectivity index (χ0n) is 17.5. The number of rotatable bonds is 6. The average molecular weight is 531 g/mol. The van der Waals surface area contributed by atoms with Crippen LogP contribution in [0.3, 0.4) is 0 Å². The van der Waals surface area contributed by atoms with E-state index in [0.29, 0.717) is 10.6 Å². The fourth-order valence-electron chi connectivity index (χ4n) is 3.75. The van der Waals surface area contributed by atoms with E-state index >= 15 is 0 Å². The van der Waals surface area contributed by atoms with Crippen LogP contribution in [0.4, 0.5) is 0 Å². The summed E-state index contributed by atoms with van der Waals surface area (Å²) in [6.45, 7) is 0. The molecule has 0 aromatic heterocycles. The molecule has 0 atom stereocenters. The minimum Gasteiger partial charge on any atom is -1.00 e. The van der Waals surface area contributed by atoms with Gasteiger partial charge in [-0.1, -0.05) is 120 Å². The number of aliphatic imine (C=N–C) groups is 1. The lowest BCUT2D eigenvalue weighted by molar-refractivity contribution is -0.00000590. The summed E-state index contributed by atoms with van der Waals surface area (Å²) in [5, 5.41) is 3.61. The second-order valence-electron chi connectivity index (χ2n) is 7.03. The van der Waals surface area contributed by atoms with Gasteiger partial charge in [-0.3, -0.25) is 0 Å². The van der Waals surface area contributed by atoms with Crippen molar-refractivity contribution in [1.82, 2.24) is 0 Å². The molecule has 4 aromatic carbocycles. The highest BCUT2D eigenvalue weighted by Crippen LogP contribution is 2.64. The first-order valence-electron chi connectivity index (χ1n) is 10.1. The molecule has 6 heteroatoms. The standard InChI is InChI=1S/C27H20Cl3NP.ClH/c28-25(29)27(31-26(30)21-13-5-1-6-14-21)32(22-15-7-2-8-16-22,23-17-9-3-10-18-23)24-19-11-4-12-20-24;/h1-20H;1H/q+1;/p-1. The minimum absolute atomic E-state index is 0. The van der Waals surface area contributed by atoms with Crippen molar-refractivity contribution < 1.29 is 12.4 Å². The first kappa shape index (κ1) is 25.5. The van der Waals surface area contributed by atoms with Gasteiger partial charge in [0.15, 0.2) is 11.8 Å². The van der Waals surface area contributed by atoms with Crippen LogP contribution in [0, 0.1) is 0 Å². The molecule has 166 valence electrons. The molecule has 0 unspecified atom stereocenters. The summed E-state index contributed by atoms with van der Waals surface area (Å²) in [4.78, 5) is 4.90. The van der Waals surface area contributed by atoms with Gasteiger partial charge in [0, 0.05) is 5.56 Å². The Bertz CT molecular complexity index is 1130. The average Bonchev–Trinajstić information content (AvgIpc) is 2.86. The van der Waals surface area contributed by atoms with Gasteiger partial charge in [0.1, 0.15) is 21.1 Å². The third-order valence-corrected chi connectivity index (χ3v) is 10.2. The minimum atomic E-state index is -2.55. The smallest absolute Gasteiger partial charge is 0.229 e. The molecule has 0 saturated carbocycles. The van der Waals surface area contributed by atoms with Crippen LogP contribution in [-0.4, -0.2) is 5.17 Å². The maximum atomic E-state index is 6.73. The number of hydrogen-bond donors (Lipinski definition) is 0. The Labute approximate surface area is 216 Å². The highest BCUT2D eigenvalue weighted by molar-refractivity contribution is 7.99. The molecule has 4 rings (SSSR count). The van der Waals surface area contributed by atoms with Crippen molar-refractivity contribution in [3.63, 3.8) is 0 Å². The summed E-state index contributed by atoms with van der Waals surface area (Å²) in [5.74, 6) is 0. The van der Waals surface area contributed by atoms with Crippen molar-refractivity contribution in [2.45, 2.75) is 0 Å². The van der Waals surface area contributed by atoms with Crippen molar-refractivity contribution in [2.75, 3.05) is 0 Å². The molecule has 0 amide bonds. The maximum absolute atomic E-state index is 6.73. The Kier molecular flexibility index (Phi) is 9.15. The highest BCUT2D eigenvalue weighted by atomic mass is 35.5. The van der Waals surface area contributed by atoms with Crippen molar-refractivity contribution in [1.29, 1.82) is 0 Å². The summed E-state index contributed by atoms with van der Waals surface area (Å²) >= 11 is 20.0. The molecule has 0 radical (unpaired) electrons. The summed E-state index contributed by atoms with van der Waals surface area (Å²) in [5.41, 5.74) is 1.37. The second kappa shape index (κ2) is 11.8. The van der Waals surface area contributed by atoms with E-state index in [-0.39, 0.29) is 16.9 Å². The summed E-state index contributed by atoms with van der Waals surface area (Å²) < 4.78 is 0.101. The Morgan fingerprint density at radius 2 is 0.848 bits per heavy atom. The molecule has 1 nitrogen and oxygen atoms in total. The second-order valence-corrected chi connectivity index (χ2v) is 11.7. The number of hydrogen-bond acceptors (Lipinski definition) is 1. The van der Waals surface area contributed by atoms with Crippen LogP contribution in [0.15, 0.2) is 136 Å². The molecule has 0 fully saturated rings. The van der Waals surface area contributed by atoms with Crippen molar-refractivity contribution in [3.05, 3.63) is 137 Å². The summed E-state index contributed by atoms with van der Waals surface area (Å²) in [7, 11) is -2.55. The molecule has 0 N–H and O–H groups in total. The van der Waals surface area contributed by atoms with E-state index in [1.165, 1.54) is 0 Å². The van der Waals surface area contributed by atoms with Crippen LogP contribution in [-0.2, 0) is 0 Å². The third kappa shape index (κ3) is 5.35. The van der Waals surface area contributed by atoms with Gasteiger partial charge in [-0.05, 0) is 36.4 Å². The maximum Gasteiger partial charge on any atom is 0.229 e. The van der Waals surface area contributed by atoms with Crippen LogP contribution in [0.2, 0.25) is 0 Å². The number of halogens is 4. The zero-order valence-corrected chi connectivity index (χ0v) is 21.4. The predicted molar refractivity (Wildman–Crippen MR) is 143 cm³/mol. The van der Waals surface area contributed by atoms with Gasteiger partial charge in [-0.2, -0.15) is 4.99 Å². The topological polar surface area (TPSA) is 12.4 Å². The molecule has 33 heavy (non-hydrogen) atoms. The summed E-state index contributed by atoms with van der Waals surface area (Å²) in [6.07, 6.45) is 0. The van der Waals surface area contributed by atoms with Gasteiger partial charge in [0.2, 0.25) is 5.44 Å². The van der Waals surface area contributed by atoms with Gasteiger partial charge in [0.25, 0.3) is 0 Å². The van der Waals surface area contributed by atoms with E-state index in [0.717, 1.165) is 21.5 Å². The molecule has 0 aliphatic rings. The van der Waals surface area contributed by atoms with Crippen LogP contribution in [0.1, 0.15) is 5.56 Å². The Morgan fingerprint density at radius 3 is 1.18 bits per heavy atom. The SMILES string of the molecule is ClC(=NC(=C(Cl)Cl)[P+](c1ccccc1)(c1ccccc1)c1ccccc1)c1ccccc1.[Cl-]. The number of benzene rings is 4. The van der Waals surface area contributed by atoms with Gasteiger partial charge >= 0.3 is 0 Å². The van der Waals surface area contributed by atoms with E-state index < -0.39 is 7.26 Å². The lowest BCUT2D eigenvalue weighted by Gasteiger charge is -2.27. The quantitative estimate of drug-likeness (QED) is 0.261. The number of nitrogens with zero attached hydrogens (tertiary/aromatic N) is 1. The van der Waals surface area contributed by atoms with E-state index in [1.54, 1.807) is 0 Å². The largest absolute Gasteiger partial charge is 1.00 e. The van der Waals surface area contributed by atoms with Crippen LogP contribution < -0.4 is 28.3 Å². The van der Waals surface area contributed by atoms with Gasteiger partial charge < -0.3 is 12.4 Å². The van der Waals surface area contributed by atoms with Crippen molar-refractivity contribution >= 4 is 63.1 Å². The Morgan fingerprint density at radius 1 is 0.515 bits per heavy atom. The molecule has 0 bridgehead atoms. The normalized spacial score (nSPS) is 11.4. The first-order chi connectivity index (χ1) is 15.6. The van der Waals surface area contributed by atoms with Crippen LogP contribution in [0.25, 0.3) is 0 Å². The lowest BCUT2D eigenvalue weighted by Crippen LogP contribution is -3.00. The molecular weight excluding hydrogens is 511 g/mol. The van der Waals surface area contributed by atoms with Gasteiger partial charge in [0.05, 0.1) is 0 Å². The molecule has 0 saturated heterocycles. The molecule has 0 aliphatic carbocycles. The molecule has 0 spiro atoms. The lowest BCUT2D eigenvalue weighted by atomic mass is 10.2. The van der Waals surface area contributed by atoms with Crippen LogP contribution >= 0.6 is 42.1 Å². The monoisotopic (exact) mass is 529 g/mol. The fourth-order valence-corrected chi connectivity index (χ4v) is 8.85. The fraction of sp³-hybridized carbons (Fsp3) is 0. The first-order valence-corrected chi connectivity index (χ1v) is 13.0. The molecule has 0 heterocycles.